The Bertz CT molecular complexity index is 764. The van der Waals surface area contributed by atoms with E-state index in [9.17, 15) is 4.79 Å². The molecule has 0 saturated heterocycles. The normalized spacial score (nSPS) is 19.7. The Morgan fingerprint density at radius 3 is 2.64 bits per heavy atom. The SMILES string of the molecule is C=C/C=C(\C=C/C)C(=O)N1N=C(c2ccccc2C)CC12CCCC2. The number of hydrazone groups is 1. The third-order valence-electron chi connectivity index (χ3n) is 5.24. The summed E-state index contributed by atoms with van der Waals surface area (Å²) in [4.78, 5) is 13.2. The molecule has 1 aliphatic heterocycles. The van der Waals surface area contributed by atoms with Gasteiger partial charge < -0.3 is 0 Å². The topological polar surface area (TPSA) is 32.7 Å². The molecule has 25 heavy (non-hydrogen) atoms. The van der Waals surface area contributed by atoms with Crippen molar-refractivity contribution in [3.05, 3.63) is 71.8 Å². The fourth-order valence-electron chi connectivity index (χ4n) is 4.00. The van der Waals surface area contributed by atoms with Crippen molar-refractivity contribution in [2.75, 3.05) is 0 Å². The molecule has 1 saturated carbocycles. The first-order chi connectivity index (χ1) is 12.1. The maximum atomic E-state index is 13.2. The summed E-state index contributed by atoms with van der Waals surface area (Å²) in [5.74, 6) is -0.0246. The van der Waals surface area contributed by atoms with Gasteiger partial charge >= 0.3 is 0 Å². The fraction of sp³-hybridized carbons (Fsp3) is 0.364. The minimum atomic E-state index is -0.156. The second-order valence-corrected chi connectivity index (χ2v) is 6.94. The lowest BCUT2D eigenvalue weighted by atomic mass is 9.88. The average Bonchev–Trinajstić information content (AvgIpc) is 3.22. The molecular formula is C22H26N2O. The highest BCUT2D eigenvalue weighted by Gasteiger charge is 2.48. The standard InChI is InChI=1S/C22H26N2O/c1-4-10-18(11-5-2)21(25)24-22(14-8-9-15-22)16-20(23-24)19-13-7-6-12-17(19)3/h4-7,10-13H,1,8-9,14-16H2,2-3H3/b11-5-,18-10+. The molecule has 0 bridgehead atoms. The van der Waals surface area contributed by atoms with E-state index < -0.39 is 0 Å². The highest BCUT2D eigenvalue weighted by atomic mass is 16.2. The van der Waals surface area contributed by atoms with Crippen LogP contribution < -0.4 is 0 Å². The lowest BCUT2D eigenvalue weighted by Gasteiger charge is -2.32. The van der Waals surface area contributed by atoms with Gasteiger partial charge in [0.05, 0.1) is 11.3 Å². The van der Waals surface area contributed by atoms with Gasteiger partial charge in [-0.25, -0.2) is 5.01 Å². The molecule has 0 atom stereocenters. The fourth-order valence-corrected chi connectivity index (χ4v) is 4.00. The number of nitrogens with zero attached hydrogens (tertiary/aromatic N) is 2. The maximum Gasteiger partial charge on any atom is 0.274 e. The largest absolute Gasteiger partial charge is 0.274 e. The van der Waals surface area contributed by atoms with E-state index in [0.717, 1.165) is 43.4 Å². The van der Waals surface area contributed by atoms with E-state index in [-0.39, 0.29) is 11.4 Å². The minimum absolute atomic E-state index is 0.0246. The maximum absolute atomic E-state index is 13.2. The van der Waals surface area contributed by atoms with E-state index in [4.69, 9.17) is 5.10 Å². The Morgan fingerprint density at radius 1 is 1.28 bits per heavy atom. The lowest BCUT2D eigenvalue weighted by molar-refractivity contribution is -0.131. The molecule has 1 spiro atoms. The third kappa shape index (κ3) is 3.23. The Kier molecular flexibility index (Phi) is 5.03. The van der Waals surface area contributed by atoms with E-state index >= 15 is 0 Å². The van der Waals surface area contributed by atoms with E-state index in [1.807, 2.05) is 31.2 Å². The number of hydrogen-bond acceptors (Lipinski definition) is 2. The Balaban J connectivity index is 2.02. The van der Waals surface area contributed by atoms with Gasteiger partial charge in [-0.05, 0) is 38.3 Å². The van der Waals surface area contributed by atoms with Gasteiger partial charge in [-0.1, -0.05) is 61.9 Å². The van der Waals surface area contributed by atoms with Gasteiger partial charge in [0.2, 0.25) is 0 Å². The summed E-state index contributed by atoms with van der Waals surface area (Å²) in [5.41, 5.74) is 3.88. The van der Waals surface area contributed by atoms with Crippen LogP contribution in [-0.4, -0.2) is 22.2 Å². The number of benzene rings is 1. The van der Waals surface area contributed by atoms with Crippen LogP contribution >= 0.6 is 0 Å². The number of hydrogen-bond donors (Lipinski definition) is 0. The number of allylic oxidation sites excluding steroid dienone is 3. The number of carbonyl (C=O) groups is 1. The van der Waals surface area contributed by atoms with Crippen molar-refractivity contribution >= 4 is 11.6 Å². The highest BCUT2D eigenvalue weighted by molar-refractivity contribution is 6.06. The van der Waals surface area contributed by atoms with Crippen molar-refractivity contribution in [3.63, 3.8) is 0 Å². The molecule has 1 aromatic rings. The molecule has 1 fully saturated rings. The predicted octanol–water partition coefficient (Wildman–Crippen LogP) is 4.93. The first kappa shape index (κ1) is 17.4. The van der Waals surface area contributed by atoms with Gasteiger partial charge in [-0.3, -0.25) is 4.79 Å². The molecule has 0 unspecified atom stereocenters. The van der Waals surface area contributed by atoms with Crippen LogP contribution in [0.25, 0.3) is 0 Å². The van der Waals surface area contributed by atoms with Crippen LogP contribution in [0.4, 0.5) is 0 Å². The van der Waals surface area contributed by atoms with Crippen molar-refractivity contribution < 1.29 is 4.79 Å². The third-order valence-corrected chi connectivity index (χ3v) is 5.24. The molecule has 0 aromatic heterocycles. The molecule has 3 heteroatoms. The van der Waals surface area contributed by atoms with Crippen LogP contribution in [0.3, 0.4) is 0 Å². The van der Waals surface area contributed by atoms with Crippen molar-refractivity contribution in [1.29, 1.82) is 0 Å². The summed E-state index contributed by atoms with van der Waals surface area (Å²) < 4.78 is 0. The summed E-state index contributed by atoms with van der Waals surface area (Å²) in [5, 5.41) is 6.61. The van der Waals surface area contributed by atoms with E-state index in [2.05, 4.69) is 25.6 Å². The van der Waals surface area contributed by atoms with Crippen LogP contribution in [0.1, 0.15) is 50.2 Å². The van der Waals surface area contributed by atoms with Crippen LogP contribution in [-0.2, 0) is 4.79 Å². The van der Waals surface area contributed by atoms with Gasteiger partial charge in [0.25, 0.3) is 5.91 Å². The molecule has 0 radical (unpaired) electrons. The lowest BCUT2D eigenvalue weighted by Crippen LogP contribution is -2.44. The smallest absolute Gasteiger partial charge is 0.267 e. The zero-order valence-electron chi connectivity index (χ0n) is 15.2. The number of amides is 1. The number of aryl methyl sites for hydroxylation is 1. The zero-order valence-corrected chi connectivity index (χ0v) is 15.2. The van der Waals surface area contributed by atoms with E-state index in [0.29, 0.717) is 5.57 Å². The van der Waals surface area contributed by atoms with Crippen LogP contribution in [0.5, 0.6) is 0 Å². The monoisotopic (exact) mass is 334 g/mol. The second kappa shape index (κ2) is 7.22. The molecule has 1 heterocycles. The molecule has 2 aliphatic rings. The highest BCUT2D eigenvalue weighted by Crippen LogP contribution is 2.44. The van der Waals surface area contributed by atoms with Crippen molar-refractivity contribution in [2.24, 2.45) is 5.10 Å². The summed E-state index contributed by atoms with van der Waals surface area (Å²) in [6.07, 6.45) is 12.4. The van der Waals surface area contributed by atoms with Crippen molar-refractivity contribution in [3.8, 4) is 0 Å². The molecule has 1 aliphatic carbocycles. The molecule has 0 N–H and O–H groups in total. The summed E-state index contributed by atoms with van der Waals surface area (Å²) >= 11 is 0. The molecule has 3 nitrogen and oxygen atoms in total. The Labute approximate surface area is 150 Å². The summed E-state index contributed by atoms with van der Waals surface area (Å²) in [7, 11) is 0. The first-order valence-corrected chi connectivity index (χ1v) is 9.05. The van der Waals surface area contributed by atoms with E-state index in [1.54, 1.807) is 17.2 Å². The predicted molar refractivity (Wildman–Crippen MR) is 103 cm³/mol. The quantitative estimate of drug-likeness (QED) is 0.567. The number of carbonyl (C=O) groups excluding carboxylic acids is 1. The van der Waals surface area contributed by atoms with Gasteiger partial charge in [0.1, 0.15) is 0 Å². The van der Waals surface area contributed by atoms with Gasteiger partial charge in [0.15, 0.2) is 0 Å². The number of rotatable bonds is 4. The molecular weight excluding hydrogens is 308 g/mol. The van der Waals surface area contributed by atoms with Crippen molar-refractivity contribution in [2.45, 2.75) is 51.5 Å². The molecule has 3 rings (SSSR count). The van der Waals surface area contributed by atoms with Gasteiger partial charge in [-0.15, -0.1) is 0 Å². The van der Waals surface area contributed by atoms with Crippen LogP contribution in [0.15, 0.2) is 65.8 Å². The Hall–Kier alpha value is -2.42. The Morgan fingerprint density at radius 2 is 2.00 bits per heavy atom. The van der Waals surface area contributed by atoms with Gasteiger partial charge in [-0.2, -0.15) is 5.10 Å². The van der Waals surface area contributed by atoms with E-state index in [1.165, 1.54) is 5.56 Å². The second-order valence-electron chi connectivity index (χ2n) is 6.94. The summed E-state index contributed by atoms with van der Waals surface area (Å²) in [6, 6.07) is 8.29. The first-order valence-electron chi connectivity index (χ1n) is 9.05. The minimum Gasteiger partial charge on any atom is -0.267 e. The van der Waals surface area contributed by atoms with Gasteiger partial charge in [0, 0.05) is 17.6 Å². The van der Waals surface area contributed by atoms with Crippen molar-refractivity contribution in [1.82, 2.24) is 5.01 Å². The van der Waals surface area contributed by atoms with Crippen LogP contribution in [0, 0.1) is 6.92 Å². The zero-order chi connectivity index (χ0) is 17.9. The summed E-state index contributed by atoms with van der Waals surface area (Å²) in [6.45, 7) is 7.76. The molecule has 1 amide bonds. The molecule has 1 aromatic carbocycles. The van der Waals surface area contributed by atoms with Crippen LogP contribution in [0.2, 0.25) is 0 Å². The average molecular weight is 334 g/mol. The molecule has 130 valence electrons.